The maximum absolute atomic E-state index is 13.0. The van der Waals surface area contributed by atoms with Gasteiger partial charge in [-0.15, -0.1) is 0 Å². The van der Waals surface area contributed by atoms with E-state index < -0.39 is 97.5 Å². The highest BCUT2D eigenvalue weighted by Gasteiger charge is 2.30. The van der Waals surface area contributed by atoms with Crippen LogP contribution in [0.4, 0.5) is 0 Å². The number of rotatable bonds is 64. The van der Waals surface area contributed by atoms with Crippen LogP contribution in [0.2, 0.25) is 0 Å². The SMILES string of the molecule is CCC(C)CCCCCCCCCCC(=O)OC[C@H](COP(=O)(O)OCC(O)COP(=O)(O)OC[C@@H](COC(=O)CCCCCCCCCC(C)C)OC(=O)CCCCCCCCCCCCCCC(C)C)OC(=O)CCCCCCCCC(C)C. The van der Waals surface area contributed by atoms with Crippen LogP contribution in [0.15, 0.2) is 0 Å². The highest BCUT2D eigenvalue weighted by atomic mass is 31.2. The molecule has 0 aromatic heterocycles. The van der Waals surface area contributed by atoms with Gasteiger partial charge in [0, 0.05) is 25.7 Å². The van der Waals surface area contributed by atoms with Gasteiger partial charge in [0.05, 0.1) is 26.4 Å². The average molecular weight is 1270 g/mol. The van der Waals surface area contributed by atoms with E-state index in [9.17, 15) is 43.2 Å². The molecule has 0 spiro atoms. The van der Waals surface area contributed by atoms with Crippen LogP contribution >= 0.6 is 15.6 Å². The number of phosphoric ester groups is 2. The van der Waals surface area contributed by atoms with Gasteiger partial charge in [0.1, 0.15) is 19.3 Å². The molecule has 6 atom stereocenters. The Morgan fingerprint density at radius 2 is 0.558 bits per heavy atom. The molecule has 0 aromatic carbocycles. The highest BCUT2D eigenvalue weighted by molar-refractivity contribution is 7.47. The number of aliphatic hydroxyl groups excluding tert-OH is 1. The summed E-state index contributed by atoms with van der Waals surface area (Å²) >= 11 is 0. The van der Waals surface area contributed by atoms with Gasteiger partial charge in [0.2, 0.25) is 0 Å². The molecule has 86 heavy (non-hydrogen) atoms. The zero-order chi connectivity index (χ0) is 63.9. The molecule has 0 bridgehead atoms. The molecule has 0 saturated carbocycles. The van der Waals surface area contributed by atoms with Gasteiger partial charge in [0.25, 0.3) is 0 Å². The van der Waals surface area contributed by atoms with Crippen LogP contribution in [0, 0.1) is 23.7 Å². The average Bonchev–Trinajstić information content (AvgIpc) is 3.66. The number of hydrogen-bond donors (Lipinski definition) is 3. The molecule has 4 unspecified atom stereocenters. The highest BCUT2D eigenvalue weighted by Crippen LogP contribution is 2.45. The summed E-state index contributed by atoms with van der Waals surface area (Å²) in [6, 6.07) is 0. The molecule has 0 aromatic rings. The number of phosphoric acid groups is 2. The Morgan fingerprint density at radius 1 is 0.326 bits per heavy atom. The normalized spacial score (nSPS) is 14.7. The summed E-state index contributed by atoms with van der Waals surface area (Å²) < 4.78 is 68.1. The Balaban J connectivity index is 5.23. The lowest BCUT2D eigenvalue weighted by molar-refractivity contribution is -0.161. The van der Waals surface area contributed by atoms with Crippen LogP contribution in [0.25, 0.3) is 0 Å². The summed E-state index contributed by atoms with van der Waals surface area (Å²) in [5.74, 6) is 0.790. The van der Waals surface area contributed by atoms with Gasteiger partial charge in [-0.3, -0.25) is 37.3 Å². The Kier molecular flexibility index (Phi) is 55.7. The van der Waals surface area contributed by atoms with Crippen LogP contribution in [-0.4, -0.2) is 96.7 Å². The lowest BCUT2D eigenvalue weighted by Crippen LogP contribution is -2.30. The topological polar surface area (TPSA) is 237 Å². The molecule has 0 saturated heterocycles. The molecular weight excluding hydrogens is 1140 g/mol. The minimum absolute atomic E-state index is 0.101. The van der Waals surface area contributed by atoms with E-state index in [4.69, 9.17) is 37.0 Å². The molecule has 510 valence electrons. The van der Waals surface area contributed by atoms with Gasteiger partial charge < -0.3 is 33.8 Å². The van der Waals surface area contributed by atoms with E-state index in [0.29, 0.717) is 37.5 Å². The first-order chi connectivity index (χ1) is 41.1. The summed E-state index contributed by atoms with van der Waals surface area (Å²) in [4.78, 5) is 72.3. The van der Waals surface area contributed by atoms with Crippen molar-refractivity contribution in [1.82, 2.24) is 0 Å². The van der Waals surface area contributed by atoms with Crippen LogP contribution < -0.4 is 0 Å². The number of esters is 4. The van der Waals surface area contributed by atoms with Crippen molar-refractivity contribution in [2.45, 2.75) is 343 Å². The van der Waals surface area contributed by atoms with E-state index in [1.54, 1.807) is 0 Å². The van der Waals surface area contributed by atoms with Crippen LogP contribution in [0.3, 0.4) is 0 Å². The predicted octanol–water partition coefficient (Wildman–Crippen LogP) is 18.5. The summed E-state index contributed by atoms with van der Waals surface area (Å²) in [7, 11) is -9.89. The van der Waals surface area contributed by atoms with Crippen molar-refractivity contribution in [3.8, 4) is 0 Å². The Hall–Kier alpha value is -1.94. The number of ether oxygens (including phenoxy) is 4. The third-order valence-electron chi connectivity index (χ3n) is 15.7. The second-order valence-corrected chi connectivity index (χ2v) is 28.8. The first-order valence-electron chi connectivity index (χ1n) is 34.7. The number of carbonyl (C=O) groups is 4. The van der Waals surface area contributed by atoms with E-state index in [1.807, 2.05) is 0 Å². The first kappa shape index (κ1) is 84.1. The summed E-state index contributed by atoms with van der Waals surface area (Å²) in [6.45, 7) is 14.0. The molecule has 0 amide bonds. The van der Waals surface area contributed by atoms with E-state index in [-0.39, 0.29) is 25.7 Å². The molecule has 0 aliphatic carbocycles. The van der Waals surface area contributed by atoms with E-state index in [2.05, 4.69) is 55.4 Å². The molecule has 19 heteroatoms. The van der Waals surface area contributed by atoms with E-state index in [0.717, 1.165) is 108 Å². The monoisotopic (exact) mass is 1270 g/mol. The smallest absolute Gasteiger partial charge is 0.462 e. The summed E-state index contributed by atoms with van der Waals surface area (Å²) in [5, 5.41) is 10.6. The Labute approximate surface area is 524 Å². The standard InChI is InChI=1S/C67H130O17P2/c1-9-60(8)46-38-30-21-16-17-22-31-39-47-64(69)77-54-63(84-67(72)50-42-34-26-25-29-37-45-59(6)7)56-82-86(75,76)80-52-61(68)51-79-85(73,74)81-55-62(53-78-65(70)48-40-32-24-18-20-28-36-44-58(4)5)83-66(71)49-41-33-23-15-13-11-10-12-14-19-27-35-43-57(2)3/h57-63,68H,9-56H2,1-8H3,(H,73,74)(H,75,76)/t60?,61?,62-,63-/m1/s1. The number of aliphatic hydroxyl groups is 1. The molecular formula is C67H130O17P2. The van der Waals surface area contributed by atoms with Crippen molar-refractivity contribution in [2.75, 3.05) is 39.6 Å². The molecule has 3 N–H and O–H groups in total. The lowest BCUT2D eigenvalue weighted by Gasteiger charge is -2.21. The molecule has 0 fully saturated rings. The fraction of sp³-hybridized carbons (Fsp3) is 0.940. The Bertz CT molecular complexity index is 1720. The van der Waals surface area contributed by atoms with Gasteiger partial charge >= 0.3 is 39.5 Å². The van der Waals surface area contributed by atoms with Crippen molar-refractivity contribution < 1.29 is 80.2 Å². The van der Waals surface area contributed by atoms with Crippen molar-refractivity contribution in [1.29, 1.82) is 0 Å². The Morgan fingerprint density at radius 3 is 0.826 bits per heavy atom. The van der Waals surface area contributed by atoms with Crippen molar-refractivity contribution >= 4 is 39.5 Å². The fourth-order valence-corrected chi connectivity index (χ4v) is 11.5. The summed E-state index contributed by atoms with van der Waals surface area (Å²) in [5.41, 5.74) is 0. The van der Waals surface area contributed by atoms with E-state index in [1.165, 1.54) is 122 Å². The zero-order valence-corrected chi connectivity index (χ0v) is 57.7. The maximum Gasteiger partial charge on any atom is 0.472 e. The predicted molar refractivity (Wildman–Crippen MR) is 344 cm³/mol. The van der Waals surface area contributed by atoms with Gasteiger partial charge in [-0.2, -0.15) is 0 Å². The van der Waals surface area contributed by atoms with Crippen molar-refractivity contribution in [2.24, 2.45) is 23.7 Å². The zero-order valence-electron chi connectivity index (χ0n) is 55.9. The number of carbonyl (C=O) groups excluding carboxylic acids is 4. The molecule has 0 aliphatic rings. The molecule has 0 heterocycles. The minimum Gasteiger partial charge on any atom is -0.462 e. The largest absolute Gasteiger partial charge is 0.472 e. The first-order valence-corrected chi connectivity index (χ1v) is 37.7. The van der Waals surface area contributed by atoms with Gasteiger partial charge in [-0.05, 0) is 49.4 Å². The van der Waals surface area contributed by atoms with Crippen molar-refractivity contribution in [3.05, 3.63) is 0 Å². The minimum atomic E-state index is -4.95. The maximum atomic E-state index is 13.0. The second-order valence-electron chi connectivity index (χ2n) is 25.9. The van der Waals surface area contributed by atoms with Crippen molar-refractivity contribution in [3.63, 3.8) is 0 Å². The van der Waals surface area contributed by atoms with Crippen LogP contribution in [-0.2, 0) is 65.4 Å². The van der Waals surface area contributed by atoms with Crippen LogP contribution in [0.1, 0.15) is 325 Å². The number of unbranched alkanes of at least 4 members (excludes halogenated alkanes) is 29. The third-order valence-corrected chi connectivity index (χ3v) is 17.6. The van der Waals surface area contributed by atoms with Gasteiger partial charge in [0.15, 0.2) is 12.2 Å². The second kappa shape index (κ2) is 57.0. The van der Waals surface area contributed by atoms with Gasteiger partial charge in [-0.1, -0.05) is 274 Å². The lowest BCUT2D eigenvalue weighted by atomic mass is 9.99. The van der Waals surface area contributed by atoms with Crippen LogP contribution in [0.5, 0.6) is 0 Å². The quantitative estimate of drug-likeness (QED) is 0.0222. The third kappa shape index (κ3) is 59.7. The molecule has 0 aliphatic heterocycles. The molecule has 0 radical (unpaired) electrons. The fourth-order valence-electron chi connectivity index (χ4n) is 9.93. The molecule has 17 nitrogen and oxygen atoms in total. The summed E-state index contributed by atoms with van der Waals surface area (Å²) in [6.07, 6.45) is 37.8. The van der Waals surface area contributed by atoms with E-state index >= 15 is 0 Å². The molecule has 0 rings (SSSR count). The number of hydrogen-bond acceptors (Lipinski definition) is 15. The van der Waals surface area contributed by atoms with Gasteiger partial charge in [-0.25, -0.2) is 9.13 Å².